The molecule has 3 amide bonds. The molecule has 0 spiro atoms. The molecule has 1 aliphatic heterocycles. The molecule has 1 N–H and O–H groups in total. The number of aryl methyl sites for hydroxylation is 1. The minimum Gasteiger partial charge on any atom is -0.448 e. The average Bonchev–Trinajstić information content (AvgIpc) is 2.55. The van der Waals surface area contributed by atoms with Gasteiger partial charge in [-0.1, -0.05) is 24.3 Å². The molecule has 0 unspecified atom stereocenters. The largest absolute Gasteiger partial charge is 0.448 e. The standard InChI is InChI=1S/C17H17N3O3/c1-3-23-17(22)20-15-11-12(2)9-10-14(15)18-16(21)19(20)13-7-5-4-6-8-13/h4-11H,3H2,1-2H3,(H,18,21). The number of para-hydroxylation sites is 1. The summed E-state index contributed by atoms with van der Waals surface area (Å²) < 4.78 is 5.14. The summed E-state index contributed by atoms with van der Waals surface area (Å²) in [5.41, 5.74) is 2.69. The first-order valence-electron chi connectivity index (χ1n) is 7.35. The second-order valence-electron chi connectivity index (χ2n) is 5.11. The highest BCUT2D eigenvalue weighted by Gasteiger charge is 2.36. The summed E-state index contributed by atoms with van der Waals surface area (Å²) in [6.07, 6.45) is -0.599. The first-order chi connectivity index (χ1) is 11.1. The van der Waals surface area contributed by atoms with Crippen LogP contribution in [0.1, 0.15) is 12.5 Å². The van der Waals surface area contributed by atoms with Crippen LogP contribution in [0.15, 0.2) is 48.5 Å². The van der Waals surface area contributed by atoms with Gasteiger partial charge in [-0.15, -0.1) is 0 Å². The number of benzene rings is 2. The fraction of sp³-hybridized carbons (Fsp3) is 0.176. The number of rotatable bonds is 2. The van der Waals surface area contributed by atoms with Crippen molar-refractivity contribution in [3.8, 4) is 0 Å². The number of fused-ring (bicyclic) bond motifs is 1. The zero-order chi connectivity index (χ0) is 16.4. The van der Waals surface area contributed by atoms with Crippen molar-refractivity contribution in [3.05, 3.63) is 54.1 Å². The molecule has 0 saturated heterocycles. The first-order valence-corrected chi connectivity index (χ1v) is 7.35. The van der Waals surface area contributed by atoms with Crippen LogP contribution in [-0.2, 0) is 4.74 Å². The van der Waals surface area contributed by atoms with Crippen LogP contribution >= 0.6 is 0 Å². The minimum absolute atomic E-state index is 0.223. The van der Waals surface area contributed by atoms with Crippen molar-refractivity contribution < 1.29 is 14.3 Å². The van der Waals surface area contributed by atoms with Crippen molar-refractivity contribution in [1.29, 1.82) is 0 Å². The van der Waals surface area contributed by atoms with Crippen LogP contribution in [0.3, 0.4) is 0 Å². The number of hydrogen-bond acceptors (Lipinski definition) is 3. The lowest BCUT2D eigenvalue weighted by Gasteiger charge is -2.38. The van der Waals surface area contributed by atoms with Crippen LogP contribution < -0.4 is 15.3 Å². The number of carbonyl (C=O) groups excluding carboxylic acids is 2. The molecule has 0 aromatic heterocycles. The number of nitrogens with zero attached hydrogens (tertiary/aromatic N) is 2. The molecule has 6 nitrogen and oxygen atoms in total. The van der Waals surface area contributed by atoms with Crippen molar-refractivity contribution in [3.63, 3.8) is 0 Å². The predicted molar refractivity (Wildman–Crippen MR) is 88.6 cm³/mol. The molecule has 0 bridgehead atoms. The van der Waals surface area contributed by atoms with Gasteiger partial charge in [-0.2, -0.15) is 10.0 Å². The average molecular weight is 311 g/mol. The monoisotopic (exact) mass is 311 g/mol. The fourth-order valence-electron chi connectivity index (χ4n) is 2.46. The van der Waals surface area contributed by atoms with Crippen LogP contribution in [0.2, 0.25) is 0 Å². The van der Waals surface area contributed by atoms with Crippen LogP contribution in [0.4, 0.5) is 26.7 Å². The molecule has 6 heteroatoms. The molecule has 0 atom stereocenters. The molecule has 0 saturated carbocycles. The molecule has 3 rings (SSSR count). The lowest BCUT2D eigenvalue weighted by Crippen LogP contribution is -2.55. The lowest BCUT2D eigenvalue weighted by molar-refractivity contribution is 0.159. The zero-order valence-corrected chi connectivity index (χ0v) is 12.9. The van der Waals surface area contributed by atoms with Gasteiger partial charge in [-0.05, 0) is 43.7 Å². The van der Waals surface area contributed by atoms with Crippen LogP contribution in [-0.4, -0.2) is 18.7 Å². The molecule has 118 valence electrons. The zero-order valence-electron chi connectivity index (χ0n) is 12.9. The van der Waals surface area contributed by atoms with Gasteiger partial charge in [-0.3, -0.25) is 0 Å². The Balaban J connectivity index is 2.14. The molecule has 2 aromatic carbocycles. The molecule has 1 heterocycles. The maximum absolute atomic E-state index is 12.5. The summed E-state index contributed by atoms with van der Waals surface area (Å²) in [5.74, 6) is 0. The van der Waals surface area contributed by atoms with Crippen LogP contribution in [0.5, 0.6) is 0 Å². The summed E-state index contributed by atoms with van der Waals surface area (Å²) in [6, 6.07) is 14.0. The van der Waals surface area contributed by atoms with Gasteiger partial charge < -0.3 is 10.1 Å². The van der Waals surface area contributed by atoms with E-state index in [-0.39, 0.29) is 6.61 Å². The maximum Gasteiger partial charge on any atom is 0.434 e. The van der Waals surface area contributed by atoms with E-state index in [1.165, 1.54) is 10.0 Å². The molecule has 0 radical (unpaired) electrons. The van der Waals surface area contributed by atoms with Crippen molar-refractivity contribution in [1.82, 2.24) is 0 Å². The Morgan fingerprint density at radius 3 is 2.61 bits per heavy atom. The highest BCUT2D eigenvalue weighted by Crippen LogP contribution is 2.35. The smallest absolute Gasteiger partial charge is 0.434 e. The van der Waals surface area contributed by atoms with Crippen LogP contribution in [0, 0.1) is 6.92 Å². The second-order valence-corrected chi connectivity index (χ2v) is 5.11. The third-order valence-corrected chi connectivity index (χ3v) is 3.46. The second kappa shape index (κ2) is 6.00. The quantitative estimate of drug-likeness (QED) is 0.914. The highest BCUT2D eigenvalue weighted by atomic mass is 16.6. The number of hydrazine groups is 1. The Morgan fingerprint density at radius 2 is 1.91 bits per heavy atom. The Kier molecular flexibility index (Phi) is 3.89. The first kappa shape index (κ1) is 14.9. The minimum atomic E-state index is -0.599. The van der Waals surface area contributed by atoms with Gasteiger partial charge in [0, 0.05) is 0 Å². The number of hydrogen-bond donors (Lipinski definition) is 1. The Hall–Kier alpha value is -3.02. The number of amides is 3. The summed E-state index contributed by atoms with van der Waals surface area (Å²) in [5, 5.41) is 5.34. The predicted octanol–water partition coefficient (Wildman–Crippen LogP) is 3.93. The normalized spacial score (nSPS) is 13.4. The molecular formula is C17H17N3O3. The van der Waals surface area contributed by atoms with E-state index in [2.05, 4.69) is 5.32 Å². The number of carbonyl (C=O) groups is 2. The third-order valence-electron chi connectivity index (χ3n) is 3.46. The molecule has 2 aromatic rings. The summed E-state index contributed by atoms with van der Waals surface area (Å²) in [6.45, 7) is 3.87. The van der Waals surface area contributed by atoms with Gasteiger partial charge in [0.1, 0.15) is 0 Å². The van der Waals surface area contributed by atoms with E-state index >= 15 is 0 Å². The number of anilines is 3. The van der Waals surface area contributed by atoms with E-state index in [0.29, 0.717) is 17.1 Å². The molecule has 23 heavy (non-hydrogen) atoms. The molecule has 0 fully saturated rings. The third kappa shape index (κ3) is 2.70. The van der Waals surface area contributed by atoms with E-state index in [9.17, 15) is 9.59 Å². The molecular weight excluding hydrogens is 294 g/mol. The maximum atomic E-state index is 12.5. The Labute approximate surface area is 134 Å². The van der Waals surface area contributed by atoms with E-state index in [1.54, 1.807) is 37.3 Å². The highest BCUT2D eigenvalue weighted by molar-refractivity contribution is 6.15. The van der Waals surface area contributed by atoms with E-state index in [1.807, 2.05) is 25.1 Å². The van der Waals surface area contributed by atoms with Gasteiger partial charge >= 0.3 is 12.1 Å². The van der Waals surface area contributed by atoms with Gasteiger partial charge in [0.25, 0.3) is 0 Å². The number of nitrogens with one attached hydrogen (secondary N) is 1. The van der Waals surface area contributed by atoms with Crippen molar-refractivity contribution in [2.45, 2.75) is 13.8 Å². The van der Waals surface area contributed by atoms with Gasteiger partial charge in [0.05, 0.1) is 23.7 Å². The molecule has 1 aliphatic rings. The Morgan fingerprint density at radius 1 is 1.17 bits per heavy atom. The van der Waals surface area contributed by atoms with Crippen molar-refractivity contribution >= 4 is 29.2 Å². The van der Waals surface area contributed by atoms with Gasteiger partial charge in [0.15, 0.2) is 0 Å². The van der Waals surface area contributed by atoms with Crippen molar-refractivity contribution in [2.75, 3.05) is 21.9 Å². The van der Waals surface area contributed by atoms with Gasteiger partial charge in [0.2, 0.25) is 0 Å². The van der Waals surface area contributed by atoms with E-state index in [4.69, 9.17) is 4.74 Å². The van der Waals surface area contributed by atoms with Crippen molar-refractivity contribution in [2.24, 2.45) is 0 Å². The SMILES string of the molecule is CCOC(=O)N1c2cc(C)ccc2NC(=O)N1c1ccccc1. The summed E-state index contributed by atoms with van der Waals surface area (Å²) in [7, 11) is 0. The number of urea groups is 1. The lowest BCUT2D eigenvalue weighted by atomic mass is 10.1. The Bertz CT molecular complexity index is 746. The van der Waals surface area contributed by atoms with E-state index < -0.39 is 12.1 Å². The van der Waals surface area contributed by atoms with Crippen LogP contribution in [0.25, 0.3) is 0 Å². The van der Waals surface area contributed by atoms with E-state index in [0.717, 1.165) is 5.56 Å². The molecule has 0 aliphatic carbocycles. The summed E-state index contributed by atoms with van der Waals surface area (Å²) in [4.78, 5) is 25.0. The fourth-order valence-corrected chi connectivity index (χ4v) is 2.46. The number of ether oxygens (including phenoxy) is 1. The summed E-state index contributed by atoms with van der Waals surface area (Å²) >= 11 is 0. The topological polar surface area (TPSA) is 61.9 Å². The van der Waals surface area contributed by atoms with Gasteiger partial charge in [-0.25, -0.2) is 9.59 Å².